The van der Waals surface area contributed by atoms with Crippen molar-refractivity contribution in [2.75, 3.05) is 12.8 Å². The highest BCUT2D eigenvalue weighted by Crippen LogP contribution is 2.36. The lowest BCUT2D eigenvalue weighted by Crippen LogP contribution is -2.53. The van der Waals surface area contributed by atoms with E-state index in [1.54, 1.807) is 6.26 Å². The van der Waals surface area contributed by atoms with E-state index in [0.29, 0.717) is 6.04 Å². The average Bonchev–Trinajstić information content (AvgIpc) is 2.65. The van der Waals surface area contributed by atoms with E-state index in [1.807, 2.05) is 32.6 Å². The van der Waals surface area contributed by atoms with Gasteiger partial charge in [-0.05, 0) is 53.4 Å². The first-order valence-electron chi connectivity index (χ1n) is 8.24. The Kier molecular flexibility index (Phi) is 5.54. The van der Waals surface area contributed by atoms with E-state index in [-0.39, 0.29) is 23.4 Å². The fourth-order valence-corrected chi connectivity index (χ4v) is 3.74. The fraction of sp³-hybridized carbons (Fsp3) is 0.938. The number of hydrogen-bond acceptors (Lipinski definition) is 4. The number of fused-ring (bicyclic) bond motifs is 2. The molecular formula is C16H30N2O3S. The van der Waals surface area contributed by atoms with E-state index >= 15 is 0 Å². The van der Waals surface area contributed by atoms with Gasteiger partial charge in [0.05, 0.1) is 0 Å². The molecule has 0 aromatic rings. The van der Waals surface area contributed by atoms with E-state index < -0.39 is 16.4 Å². The zero-order valence-corrected chi connectivity index (χ0v) is 15.2. The maximum Gasteiger partial charge on any atom is 0.410 e. The van der Waals surface area contributed by atoms with Crippen molar-refractivity contribution >= 4 is 16.9 Å². The predicted octanol–water partition coefficient (Wildman–Crippen LogP) is 2.27. The molecule has 2 aliphatic heterocycles. The summed E-state index contributed by atoms with van der Waals surface area (Å²) >= 11 is 0. The summed E-state index contributed by atoms with van der Waals surface area (Å²) in [4.78, 5) is 14.3. The van der Waals surface area contributed by atoms with Gasteiger partial charge >= 0.3 is 6.09 Å². The molecule has 1 N–H and O–H groups in total. The van der Waals surface area contributed by atoms with Crippen LogP contribution < -0.4 is 5.32 Å². The summed E-state index contributed by atoms with van der Waals surface area (Å²) < 4.78 is 17.0. The van der Waals surface area contributed by atoms with Gasteiger partial charge in [-0.3, -0.25) is 4.21 Å². The van der Waals surface area contributed by atoms with Gasteiger partial charge in [-0.2, -0.15) is 0 Å². The van der Waals surface area contributed by atoms with Crippen molar-refractivity contribution in [3.05, 3.63) is 0 Å². The third-order valence-electron chi connectivity index (χ3n) is 4.60. The maximum absolute atomic E-state index is 12.4. The van der Waals surface area contributed by atoms with Crippen LogP contribution in [0.5, 0.6) is 0 Å². The molecule has 2 heterocycles. The molecule has 0 aromatic heterocycles. The van der Waals surface area contributed by atoms with Crippen molar-refractivity contribution in [3.63, 3.8) is 0 Å². The molecule has 2 fully saturated rings. The van der Waals surface area contributed by atoms with Crippen molar-refractivity contribution in [1.29, 1.82) is 0 Å². The molecule has 0 aliphatic carbocycles. The Bertz CT molecular complexity index is 422. The van der Waals surface area contributed by atoms with Crippen LogP contribution in [0.2, 0.25) is 0 Å². The van der Waals surface area contributed by atoms with Crippen LogP contribution in [-0.2, 0) is 15.5 Å². The van der Waals surface area contributed by atoms with Gasteiger partial charge in [0, 0.05) is 47.0 Å². The summed E-state index contributed by atoms with van der Waals surface area (Å²) in [5.74, 6) is 0. The number of amides is 1. The molecule has 1 unspecified atom stereocenters. The topological polar surface area (TPSA) is 58.6 Å². The second-order valence-corrected chi connectivity index (χ2v) is 9.46. The maximum atomic E-state index is 12.4. The third-order valence-corrected chi connectivity index (χ3v) is 5.90. The van der Waals surface area contributed by atoms with Crippen LogP contribution in [0.4, 0.5) is 4.79 Å². The van der Waals surface area contributed by atoms with Crippen molar-refractivity contribution < 1.29 is 13.7 Å². The Morgan fingerprint density at radius 3 is 2.32 bits per heavy atom. The number of piperidine rings is 1. The third kappa shape index (κ3) is 4.44. The summed E-state index contributed by atoms with van der Waals surface area (Å²) in [6.07, 6.45) is 5.66. The van der Waals surface area contributed by atoms with E-state index in [0.717, 1.165) is 32.2 Å². The number of rotatable bonds is 4. The number of nitrogens with one attached hydrogen (secondary N) is 1. The molecule has 5 atom stereocenters. The molecule has 0 radical (unpaired) electrons. The summed E-state index contributed by atoms with van der Waals surface area (Å²) in [5, 5.41) is 3.71. The molecule has 0 spiro atoms. The summed E-state index contributed by atoms with van der Waals surface area (Å²) in [5.41, 5.74) is -0.438. The van der Waals surface area contributed by atoms with Crippen LogP contribution in [0.1, 0.15) is 53.4 Å². The van der Waals surface area contributed by atoms with Gasteiger partial charge < -0.3 is 15.0 Å². The lowest BCUT2D eigenvalue weighted by molar-refractivity contribution is 0.00477. The average molecular weight is 330 g/mol. The van der Waals surface area contributed by atoms with Crippen LogP contribution in [0.25, 0.3) is 0 Å². The molecule has 1 amide bonds. The van der Waals surface area contributed by atoms with E-state index in [2.05, 4.69) is 5.32 Å². The summed E-state index contributed by atoms with van der Waals surface area (Å²) in [6.45, 7) is 8.52. The molecule has 2 rings (SSSR count). The molecule has 22 heavy (non-hydrogen) atoms. The minimum absolute atomic E-state index is 0.165. The monoisotopic (exact) mass is 330 g/mol. The smallest absolute Gasteiger partial charge is 0.410 e. The second-order valence-electron chi connectivity index (χ2n) is 7.66. The molecule has 128 valence electrons. The van der Waals surface area contributed by atoms with Crippen LogP contribution in [0, 0.1) is 0 Å². The van der Waals surface area contributed by atoms with Crippen molar-refractivity contribution in [1.82, 2.24) is 10.2 Å². The number of nitrogens with zero attached hydrogens (tertiary/aromatic N) is 1. The lowest BCUT2D eigenvalue weighted by atomic mass is 9.97. The number of hydrogen-bond donors (Lipinski definition) is 1. The number of carbonyl (C=O) groups excluding carboxylic acids is 1. The SMILES string of the molecule is C[C@H](CNC1C[C@H]2CC[C@@H](C1)N2C(=O)OC(C)(C)C)[S@](C)=O. The largest absolute Gasteiger partial charge is 0.444 e. The van der Waals surface area contributed by atoms with Gasteiger partial charge in [0.25, 0.3) is 0 Å². The van der Waals surface area contributed by atoms with Gasteiger partial charge in [-0.25, -0.2) is 4.79 Å². The first kappa shape index (κ1) is 17.7. The normalized spacial score (nSPS) is 31.0. The van der Waals surface area contributed by atoms with E-state index in [1.165, 1.54) is 0 Å². The predicted molar refractivity (Wildman–Crippen MR) is 89.4 cm³/mol. The van der Waals surface area contributed by atoms with Gasteiger partial charge in [0.1, 0.15) is 5.60 Å². The van der Waals surface area contributed by atoms with Crippen molar-refractivity contribution in [3.8, 4) is 0 Å². The Balaban J connectivity index is 1.89. The number of ether oxygens (including phenoxy) is 1. The highest BCUT2D eigenvalue weighted by Gasteiger charge is 2.44. The Labute approximate surface area is 136 Å². The molecule has 5 nitrogen and oxygen atoms in total. The fourth-order valence-electron chi connectivity index (χ4n) is 3.41. The Morgan fingerprint density at radius 2 is 1.86 bits per heavy atom. The van der Waals surface area contributed by atoms with Gasteiger partial charge in [-0.1, -0.05) is 0 Å². The molecule has 0 saturated carbocycles. The van der Waals surface area contributed by atoms with Gasteiger partial charge in [-0.15, -0.1) is 0 Å². The first-order valence-corrected chi connectivity index (χ1v) is 9.86. The molecular weight excluding hydrogens is 300 g/mol. The van der Waals surface area contributed by atoms with Gasteiger partial charge in [0.15, 0.2) is 0 Å². The molecule has 0 aromatic carbocycles. The van der Waals surface area contributed by atoms with Crippen LogP contribution in [0.15, 0.2) is 0 Å². The summed E-state index contributed by atoms with van der Waals surface area (Å²) in [7, 11) is -0.789. The van der Waals surface area contributed by atoms with Gasteiger partial charge in [0.2, 0.25) is 0 Å². The zero-order valence-electron chi connectivity index (χ0n) is 14.4. The molecule has 2 aliphatic rings. The molecule has 2 bridgehead atoms. The van der Waals surface area contributed by atoms with E-state index in [9.17, 15) is 9.00 Å². The van der Waals surface area contributed by atoms with Crippen molar-refractivity contribution in [2.45, 2.75) is 82.4 Å². The van der Waals surface area contributed by atoms with E-state index in [4.69, 9.17) is 4.74 Å². The highest BCUT2D eigenvalue weighted by atomic mass is 32.2. The Morgan fingerprint density at radius 1 is 1.32 bits per heavy atom. The van der Waals surface area contributed by atoms with Crippen molar-refractivity contribution in [2.24, 2.45) is 0 Å². The van der Waals surface area contributed by atoms with Crippen LogP contribution in [0.3, 0.4) is 0 Å². The zero-order chi connectivity index (χ0) is 16.5. The van der Waals surface area contributed by atoms with Crippen LogP contribution >= 0.6 is 0 Å². The molecule has 2 saturated heterocycles. The second kappa shape index (κ2) is 6.87. The first-order chi connectivity index (χ1) is 10.2. The quantitative estimate of drug-likeness (QED) is 0.859. The van der Waals surface area contributed by atoms with Crippen LogP contribution in [-0.4, -0.2) is 57.0 Å². The Hall–Kier alpha value is -0.620. The summed E-state index contributed by atoms with van der Waals surface area (Å²) in [6, 6.07) is 0.990. The molecule has 6 heteroatoms. The minimum atomic E-state index is -0.789. The lowest BCUT2D eigenvalue weighted by Gasteiger charge is -2.40. The standard InChI is InChI=1S/C16H30N2O3S/c1-11(22(5)20)10-17-12-8-13-6-7-14(9-12)18(13)15(19)21-16(2,3)4/h11-14,17H,6-10H2,1-5H3/t11-,12?,13-,14+,22+/m1/s1. The minimum Gasteiger partial charge on any atom is -0.444 e. The number of carbonyl (C=O) groups is 1. The highest BCUT2D eigenvalue weighted by molar-refractivity contribution is 7.84.